The Morgan fingerprint density at radius 3 is 2.88 bits per heavy atom. The first-order valence-corrected chi connectivity index (χ1v) is 6.28. The molecule has 1 amide bonds. The van der Waals surface area contributed by atoms with Crippen LogP contribution < -0.4 is 5.32 Å². The summed E-state index contributed by atoms with van der Waals surface area (Å²) in [5, 5.41) is 2.99. The molecular weight excluding hydrogens is 204 g/mol. The van der Waals surface area contributed by atoms with Crippen molar-refractivity contribution in [3.05, 3.63) is 0 Å². The van der Waals surface area contributed by atoms with Crippen molar-refractivity contribution in [3.8, 4) is 0 Å². The normalized spacial score (nSPS) is 34.4. The zero-order valence-corrected chi connectivity index (χ0v) is 10.4. The van der Waals surface area contributed by atoms with Crippen molar-refractivity contribution in [1.82, 2.24) is 10.2 Å². The second-order valence-electron chi connectivity index (χ2n) is 5.15. The summed E-state index contributed by atoms with van der Waals surface area (Å²) in [6.45, 7) is 9.10. The van der Waals surface area contributed by atoms with Gasteiger partial charge in [-0.1, -0.05) is 6.92 Å². The van der Waals surface area contributed by atoms with E-state index in [0.717, 1.165) is 26.1 Å². The number of hydrogen-bond acceptors (Lipinski definition) is 3. The van der Waals surface area contributed by atoms with Crippen molar-refractivity contribution in [2.45, 2.75) is 45.4 Å². The number of fused-ring (bicyclic) bond motifs is 2. The lowest BCUT2D eigenvalue weighted by atomic mass is 9.99. The van der Waals surface area contributed by atoms with Gasteiger partial charge in [-0.2, -0.15) is 0 Å². The summed E-state index contributed by atoms with van der Waals surface area (Å²) < 4.78 is 5.84. The van der Waals surface area contributed by atoms with E-state index in [1.807, 2.05) is 13.8 Å². The van der Waals surface area contributed by atoms with E-state index in [9.17, 15) is 4.79 Å². The molecule has 1 N–H and O–H groups in total. The molecule has 4 heteroatoms. The first-order chi connectivity index (χ1) is 7.60. The number of likely N-dealkylation sites (tertiary alicyclic amines) is 1. The van der Waals surface area contributed by atoms with Gasteiger partial charge in [0.25, 0.3) is 0 Å². The summed E-state index contributed by atoms with van der Waals surface area (Å²) in [4.78, 5) is 14.4. The Kier molecular flexibility index (Phi) is 3.50. The maximum atomic E-state index is 12.0. The molecule has 2 aliphatic heterocycles. The van der Waals surface area contributed by atoms with Gasteiger partial charge in [0.1, 0.15) is 0 Å². The van der Waals surface area contributed by atoms with E-state index < -0.39 is 0 Å². The molecule has 2 aliphatic rings. The molecule has 2 bridgehead atoms. The number of rotatable bonds is 3. The van der Waals surface area contributed by atoms with Crippen molar-refractivity contribution in [2.75, 3.05) is 19.6 Å². The Hall–Kier alpha value is -0.610. The topological polar surface area (TPSA) is 41.6 Å². The molecule has 2 heterocycles. The second-order valence-corrected chi connectivity index (χ2v) is 5.15. The van der Waals surface area contributed by atoms with Gasteiger partial charge in [-0.25, -0.2) is 0 Å². The van der Waals surface area contributed by atoms with Crippen molar-refractivity contribution >= 4 is 5.91 Å². The van der Waals surface area contributed by atoms with Gasteiger partial charge >= 0.3 is 0 Å². The van der Waals surface area contributed by atoms with Crippen LogP contribution in [0.1, 0.15) is 27.2 Å². The number of carbonyl (C=O) groups excluding carboxylic acids is 1. The molecule has 2 fully saturated rings. The molecule has 0 aromatic rings. The molecule has 0 spiro atoms. The lowest BCUT2D eigenvalue weighted by molar-refractivity contribution is -0.128. The third kappa shape index (κ3) is 2.38. The van der Waals surface area contributed by atoms with Gasteiger partial charge in [0.15, 0.2) is 0 Å². The maximum absolute atomic E-state index is 12.0. The number of hydrogen-bond donors (Lipinski definition) is 1. The van der Waals surface area contributed by atoms with E-state index in [1.54, 1.807) is 0 Å². The van der Waals surface area contributed by atoms with Crippen LogP contribution in [0.15, 0.2) is 0 Å². The van der Waals surface area contributed by atoms with E-state index in [-0.39, 0.29) is 30.1 Å². The van der Waals surface area contributed by atoms with Crippen molar-refractivity contribution < 1.29 is 9.53 Å². The quantitative estimate of drug-likeness (QED) is 0.767. The molecule has 3 atom stereocenters. The zero-order chi connectivity index (χ0) is 11.7. The lowest BCUT2D eigenvalue weighted by Gasteiger charge is -2.31. The number of nitrogens with one attached hydrogen (secondary N) is 1. The van der Waals surface area contributed by atoms with Crippen LogP contribution in [0, 0.1) is 5.92 Å². The van der Waals surface area contributed by atoms with Gasteiger partial charge in [0.2, 0.25) is 5.91 Å². The summed E-state index contributed by atoms with van der Waals surface area (Å²) in [5.74, 6) is 0.226. The molecule has 4 nitrogen and oxygen atoms in total. The fourth-order valence-corrected chi connectivity index (χ4v) is 2.66. The highest BCUT2D eigenvalue weighted by molar-refractivity contribution is 5.80. The number of carbonyl (C=O) groups is 1. The first-order valence-electron chi connectivity index (χ1n) is 6.28. The molecule has 0 radical (unpaired) electrons. The van der Waals surface area contributed by atoms with E-state index in [0.29, 0.717) is 0 Å². The van der Waals surface area contributed by atoms with Gasteiger partial charge in [-0.15, -0.1) is 0 Å². The van der Waals surface area contributed by atoms with Crippen LogP contribution in [0.4, 0.5) is 0 Å². The Labute approximate surface area is 97.3 Å². The van der Waals surface area contributed by atoms with Gasteiger partial charge in [0.05, 0.1) is 18.1 Å². The molecule has 2 saturated heterocycles. The van der Waals surface area contributed by atoms with Gasteiger partial charge in [-0.05, 0) is 26.8 Å². The molecule has 0 aromatic carbocycles. The van der Waals surface area contributed by atoms with E-state index in [2.05, 4.69) is 17.1 Å². The standard InChI is InChI=1S/C12H22N2O2/c1-4-14-6-9-5-10(11(7-14)16-9)12(15)13-8(2)3/h8-11H,4-7H2,1-3H3,(H,13,15). The molecule has 92 valence electrons. The molecule has 0 saturated carbocycles. The Bertz CT molecular complexity index is 268. The van der Waals surface area contributed by atoms with Crippen LogP contribution in [0.5, 0.6) is 0 Å². The lowest BCUT2D eigenvalue weighted by Crippen LogP contribution is -2.45. The van der Waals surface area contributed by atoms with Gasteiger partial charge in [-0.3, -0.25) is 9.69 Å². The largest absolute Gasteiger partial charge is 0.371 e. The summed E-state index contributed by atoms with van der Waals surface area (Å²) in [6, 6.07) is 0.218. The summed E-state index contributed by atoms with van der Waals surface area (Å²) in [5.41, 5.74) is 0. The monoisotopic (exact) mass is 226 g/mol. The summed E-state index contributed by atoms with van der Waals surface area (Å²) >= 11 is 0. The molecule has 2 rings (SSSR count). The van der Waals surface area contributed by atoms with Crippen LogP contribution in [0.25, 0.3) is 0 Å². The van der Waals surface area contributed by atoms with E-state index >= 15 is 0 Å². The van der Waals surface area contributed by atoms with Crippen LogP contribution >= 0.6 is 0 Å². The number of amides is 1. The van der Waals surface area contributed by atoms with Crippen molar-refractivity contribution in [2.24, 2.45) is 5.92 Å². The van der Waals surface area contributed by atoms with Gasteiger partial charge in [0, 0.05) is 19.1 Å². The predicted molar refractivity (Wildman–Crippen MR) is 62.2 cm³/mol. The van der Waals surface area contributed by atoms with E-state index in [1.165, 1.54) is 0 Å². The van der Waals surface area contributed by atoms with Crippen molar-refractivity contribution in [3.63, 3.8) is 0 Å². The highest BCUT2D eigenvalue weighted by Crippen LogP contribution is 2.31. The molecule has 0 aliphatic carbocycles. The minimum Gasteiger partial charge on any atom is -0.371 e. The Morgan fingerprint density at radius 1 is 1.50 bits per heavy atom. The fraction of sp³-hybridized carbons (Fsp3) is 0.917. The average molecular weight is 226 g/mol. The second kappa shape index (κ2) is 4.72. The molecule has 3 unspecified atom stereocenters. The minimum atomic E-state index is 0.0592. The van der Waals surface area contributed by atoms with E-state index in [4.69, 9.17) is 4.74 Å². The highest BCUT2D eigenvalue weighted by atomic mass is 16.5. The summed E-state index contributed by atoms with van der Waals surface area (Å²) in [7, 11) is 0. The van der Waals surface area contributed by atoms with Crippen LogP contribution in [-0.2, 0) is 9.53 Å². The predicted octanol–water partition coefficient (Wildman–Crippen LogP) is 0.620. The fourth-order valence-electron chi connectivity index (χ4n) is 2.66. The highest BCUT2D eigenvalue weighted by Gasteiger charge is 2.44. The third-order valence-corrected chi connectivity index (χ3v) is 3.45. The minimum absolute atomic E-state index is 0.0592. The van der Waals surface area contributed by atoms with Crippen LogP contribution in [0.2, 0.25) is 0 Å². The number of morpholine rings is 1. The van der Waals surface area contributed by atoms with Gasteiger partial charge < -0.3 is 10.1 Å². The maximum Gasteiger partial charge on any atom is 0.226 e. The Morgan fingerprint density at radius 2 is 2.25 bits per heavy atom. The van der Waals surface area contributed by atoms with Crippen molar-refractivity contribution in [1.29, 1.82) is 0 Å². The molecule has 0 aromatic heterocycles. The third-order valence-electron chi connectivity index (χ3n) is 3.45. The van der Waals surface area contributed by atoms with Crippen LogP contribution in [-0.4, -0.2) is 48.7 Å². The molecular formula is C12H22N2O2. The smallest absolute Gasteiger partial charge is 0.226 e. The summed E-state index contributed by atoms with van der Waals surface area (Å²) in [6.07, 6.45) is 1.26. The number of nitrogens with zero attached hydrogens (tertiary/aromatic N) is 1. The van der Waals surface area contributed by atoms with Crippen LogP contribution in [0.3, 0.4) is 0 Å². The molecule has 16 heavy (non-hydrogen) atoms. The zero-order valence-electron chi connectivity index (χ0n) is 10.4. The first kappa shape index (κ1) is 11.9. The Balaban J connectivity index is 1.96. The SMILES string of the molecule is CCN1CC2CC(C(=O)NC(C)C)C(C1)O2. The average Bonchev–Trinajstić information content (AvgIpc) is 2.52. The number of likely N-dealkylation sites (N-methyl/N-ethyl adjacent to an activating group) is 1. The number of ether oxygens (including phenoxy) is 1.